The van der Waals surface area contributed by atoms with Crippen molar-refractivity contribution in [3.8, 4) is 6.07 Å². The number of carbonyl (C=O) groups is 1. The summed E-state index contributed by atoms with van der Waals surface area (Å²) in [4.78, 5) is 17.0. The highest BCUT2D eigenvalue weighted by atomic mass is 32.2. The highest BCUT2D eigenvalue weighted by molar-refractivity contribution is 8.00. The minimum absolute atomic E-state index is 0.00970. The van der Waals surface area contributed by atoms with Gasteiger partial charge in [-0.3, -0.25) is 4.79 Å². The van der Waals surface area contributed by atoms with E-state index >= 15 is 0 Å². The number of pyridine rings is 1. The number of aromatic nitrogens is 1. The third-order valence-electron chi connectivity index (χ3n) is 4.81. The van der Waals surface area contributed by atoms with Crippen molar-refractivity contribution >= 4 is 27.5 Å². The Balaban J connectivity index is 1.73. The summed E-state index contributed by atoms with van der Waals surface area (Å²) in [7, 11) is -3.03. The summed E-state index contributed by atoms with van der Waals surface area (Å²) >= 11 is 1.27. The molecule has 25 heavy (non-hydrogen) atoms. The number of thioether (sulfide) groups is 1. The fourth-order valence-electron chi connectivity index (χ4n) is 3.41. The smallest absolute Gasteiger partial charge is 0.233 e. The van der Waals surface area contributed by atoms with Gasteiger partial charge in [-0.05, 0) is 50.7 Å². The molecule has 1 N–H and O–H groups in total. The van der Waals surface area contributed by atoms with Crippen LogP contribution in [0.2, 0.25) is 0 Å². The molecule has 2 atom stereocenters. The number of fused-ring (bicyclic) bond motifs is 1. The average Bonchev–Trinajstić information content (AvgIpc) is 3.14. The standard InChI is InChI=1S/C17H21N3O3S2/c1-10-13-4-3-5-15(13)20-17(14(10)8-18)24-11(2)16(21)19-12-6-7-25(22,23)9-12/h11-12H,3-7,9H2,1-2H3,(H,19,21)/t11-,12+/m1/s1. The van der Waals surface area contributed by atoms with Crippen molar-refractivity contribution in [3.05, 3.63) is 22.4 Å². The van der Waals surface area contributed by atoms with Crippen LogP contribution >= 0.6 is 11.8 Å². The largest absolute Gasteiger partial charge is 0.351 e. The third-order valence-corrected chi connectivity index (χ3v) is 7.67. The van der Waals surface area contributed by atoms with Gasteiger partial charge in [0.15, 0.2) is 9.84 Å². The van der Waals surface area contributed by atoms with Crippen molar-refractivity contribution in [2.45, 2.75) is 55.8 Å². The lowest BCUT2D eigenvalue weighted by atomic mass is 10.0. The van der Waals surface area contributed by atoms with E-state index in [0.717, 1.165) is 30.5 Å². The Morgan fingerprint density at radius 2 is 2.20 bits per heavy atom. The van der Waals surface area contributed by atoms with Gasteiger partial charge in [0.25, 0.3) is 0 Å². The predicted molar refractivity (Wildman–Crippen MR) is 96.2 cm³/mol. The molecule has 2 aliphatic rings. The van der Waals surface area contributed by atoms with E-state index in [9.17, 15) is 18.5 Å². The number of aryl methyl sites for hydroxylation is 1. The highest BCUT2D eigenvalue weighted by Gasteiger charge is 2.31. The summed E-state index contributed by atoms with van der Waals surface area (Å²) in [5.74, 6) is -0.0738. The second-order valence-electron chi connectivity index (χ2n) is 6.68. The Bertz CT molecular complexity index is 859. The Kier molecular flexibility index (Phi) is 5.07. The number of hydrogen-bond acceptors (Lipinski definition) is 6. The zero-order chi connectivity index (χ0) is 18.2. The molecule has 1 aromatic rings. The monoisotopic (exact) mass is 379 g/mol. The highest BCUT2D eigenvalue weighted by Crippen LogP contribution is 2.33. The van der Waals surface area contributed by atoms with Gasteiger partial charge in [-0.25, -0.2) is 13.4 Å². The Morgan fingerprint density at radius 3 is 2.84 bits per heavy atom. The van der Waals surface area contributed by atoms with Crippen LogP contribution in [0.3, 0.4) is 0 Å². The van der Waals surface area contributed by atoms with E-state index in [2.05, 4.69) is 16.4 Å². The number of nitriles is 1. The van der Waals surface area contributed by atoms with Crippen molar-refractivity contribution < 1.29 is 13.2 Å². The maximum Gasteiger partial charge on any atom is 0.233 e. The van der Waals surface area contributed by atoms with Crippen LogP contribution in [0.25, 0.3) is 0 Å². The van der Waals surface area contributed by atoms with Crippen LogP contribution in [0.5, 0.6) is 0 Å². The molecular formula is C17H21N3O3S2. The zero-order valence-electron chi connectivity index (χ0n) is 14.3. The SMILES string of the molecule is Cc1c(C#N)c(S[C@H](C)C(=O)N[C@H]2CCS(=O)(=O)C2)nc2c1CCC2. The summed E-state index contributed by atoms with van der Waals surface area (Å²) in [6, 6.07) is 1.91. The molecule has 0 unspecified atom stereocenters. The first kappa shape index (κ1) is 18.2. The van der Waals surface area contributed by atoms with Crippen LogP contribution in [0.4, 0.5) is 0 Å². The van der Waals surface area contributed by atoms with Crippen molar-refractivity contribution in [2.75, 3.05) is 11.5 Å². The van der Waals surface area contributed by atoms with Crippen molar-refractivity contribution in [1.29, 1.82) is 5.26 Å². The summed E-state index contributed by atoms with van der Waals surface area (Å²) in [5, 5.41) is 12.5. The van der Waals surface area contributed by atoms with Gasteiger partial charge in [0.1, 0.15) is 11.1 Å². The first-order valence-corrected chi connectivity index (χ1v) is 11.1. The lowest BCUT2D eigenvalue weighted by Gasteiger charge is -2.17. The predicted octanol–water partition coefficient (Wildman–Crippen LogP) is 1.53. The first-order chi connectivity index (χ1) is 11.8. The molecule has 1 amide bonds. The average molecular weight is 380 g/mol. The molecule has 0 aromatic carbocycles. The van der Waals surface area contributed by atoms with Gasteiger partial charge < -0.3 is 5.32 Å². The molecule has 0 radical (unpaired) electrons. The van der Waals surface area contributed by atoms with Crippen molar-refractivity contribution in [3.63, 3.8) is 0 Å². The van der Waals surface area contributed by atoms with Crippen LogP contribution in [-0.2, 0) is 27.5 Å². The number of sulfone groups is 1. The van der Waals surface area contributed by atoms with E-state index in [-0.39, 0.29) is 23.5 Å². The van der Waals surface area contributed by atoms with Gasteiger partial charge in [0, 0.05) is 11.7 Å². The zero-order valence-corrected chi connectivity index (χ0v) is 16.0. The molecule has 3 rings (SSSR count). The third kappa shape index (κ3) is 3.82. The van der Waals surface area contributed by atoms with Crippen LogP contribution in [0.1, 0.15) is 42.1 Å². The number of carbonyl (C=O) groups excluding carboxylic acids is 1. The van der Waals surface area contributed by atoms with E-state index in [4.69, 9.17) is 0 Å². The van der Waals surface area contributed by atoms with Gasteiger partial charge in [-0.1, -0.05) is 11.8 Å². The van der Waals surface area contributed by atoms with Crippen LogP contribution < -0.4 is 5.32 Å². The number of hydrogen-bond donors (Lipinski definition) is 1. The minimum atomic E-state index is -3.03. The number of rotatable bonds is 4. The Hall–Kier alpha value is -1.59. The van der Waals surface area contributed by atoms with Crippen LogP contribution in [0, 0.1) is 18.3 Å². The van der Waals surface area contributed by atoms with Gasteiger partial charge in [-0.15, -0.1) is 0 Å². The normalized spacial score (nSPS) is 22.2. The van der Waals surface area contributed by atoms with Crippen LogP contribution in [0.15, 0.2) is 5.03 Å². The molecule has 0 bridgehead atoms. The molecule has 1 aliphatic carbocycles. The fraction of sp³-hybridized carbons (Fsp3) is 0.588. The van der Waals surface area contributed by atoms with Crippen molar-refractivity contribution in [1.82, 2.24) is 10.3 Å². The minimum Gasteiger partial charge on any atom is -0.351 e. The molecule has 1 aliphatic heterocycles. The second kappa shape index (κ2) is 6.96. The van der Waals surface area contributed by atoms with Gasteiger partial charge >= 0.3 is 0 Å². The Labute approximate surface area is 152 Å². The lowest BCUT2D eigenvalue weighted by molar-refractivity contribution is -0.120. The molecule has 134 valence electrons. The number of amides is 1. The van der Waals surface area contributed by atoms with Gasteiger partial charge in [0.05, 0.1) is 22.3 Å². The van der Waals surface area contributed by atoms with Crippen LogP contribution in [-0.4, -0.2) is 42.1 Å². The van der Waals surface area contributed by atoms with Crippen molar-refractivity contribution in [2.24, 2.45) is 0 Å². The summed E-state index contributed by atoms with van der Waals surface area (Å²) in [6.07, 6.45) is 3.38. The lowest BCUT2D eigenvalue weighted by Crippen LogP contribution is -2.40. The van der Waals surface area contributed by atoms with E-state index in [0.29, 0.717) is 17.0 Å². The quantitative estimate of drug-likeness (QED) is 0.797. The number of nitrogens with one attached hydrogen (secondary N) is 1. The maximum atomic E-state index is 12.4. The number of nitrogens with zero attached hydrogens (tertiary/aromatic N) is 2. The fourth-order valence-corrected chi connectivity index (χ4v) is 6.07. The molecule has 2 heterocycles. The van der Waals surface area contributed by atoms with Gasteiger partial charge in [-0.2, -0.15) is 5.26 Å². The molecule has 1 saturated heterocycles. The maximum absolute atomic E-state index is 12.4. The van der Waals surface area contributed by atoms with Gasteiger partial charge in [0.2, 0.25) is 5.91 Å². The second-order valence-corrected chi connectivity index (χ2v) is 10.2. The first-order valence-electron chi connectivity index (χ1n) is 8.40. The molecule has 1 aromatic heterocycles. The molecule has 8 heteroatoms. The van der Waals surface area contributed by atoms with E-state index < -0.39 is 15.1 Å². The van der Waals surface area contributed by atoms with E-state index in [1.807, 2.05) is 6.92 Å². The topological polar surface area (TPSA) is 99.9 Å². The Morgan fingerprint density at radius 1 is 1.44 bits per heavy atom. The van der Waals surface area contributed by atoms with E-state index in [1.165, 1.54) is 17.3 Å². The summed E-state index contributed by atoms with van der Waals surface area (Å²) in [5.41, 5.74) is 3.73. The molecule has 6 nitrogen and oxygen atoms in total. The summed E-state index contributed by atoms with van der Waals surface area (Å²) < 4.78 is 23.0. The molecule has 0 spiro atoms. The molecule has 1 fully saturated rings. The summed E-state index contributed by atoms with van der Waals surface area (Å²) in [6.45, 7) is 3.71. The van der Waals surface area contributed by atoms with E-state index in [1.54, 1.807) is 6.92 Å². The molecule has 0 saturated carbocycles. The molecular weight excluding hydrogens is 358 g/mol.